The van der Waals surface area contributed by atoms with Crippen molar-refractivity contribution in [1.82, 2.24) is 19.5 Å². The zero-order valence-electron chi connectivity index (χ0n) is 13.5. The molecule has 0 radical (unpaired) electrons. The molecule has 5 nitrogen and oxygen atoms in total. The summed E-state index contributed by atoms with van der Waals surface area (Å²) < 4.78 is 1.67. The van der Waals surface area contributed by atoms with Crippen molar-refractivity contribution in [2.24, 2.45) is 0 Å². The molecule has 130 valence electrons. The number of thioether (sulfide) groups is 1. The quantitative estimate of drug-likeness (QED) is 0.370. The molecular formula is C18H13ClN4OS2. The third kappa shape index (κ3) is 3.65. The molecular weight excluding hydrogens is 388 g/mol. The van der Waals surface area contributed by atoms with Crippen molar-refractivity contribution < 1.29 is 0 Å². The number of nitrogens with zero attached hydrogens (tertiary/aromatic N) is 4. The Hall–Kier alpha value is -2.22. The summed E-state index contributed by atoms with van der Waals surface area (Å²) in [5.74, 6) is 0.680. The van der Waals surface area contributed by atoms with E-state index < -0.39 is 0 Å². The zero-order valence-corrected chi connectivity index (χ0v) is 15.9. The SMILES string of the molecule is O=c1c2nccnc2nc(SCc2ccc(Cl)cc2)n1Cc1cccs1. The van der Waals surface area contributed by atoms with Crippen LogP contribution in [-0.4, -0.2) is 19.5 Å². The lowest BCUT2D eigenvalue weighted by molar-refractivity contribution is 0.660. The van der Waals surface area contributed by atoms with E-state index in [4.69, 9.17) is 11.6 Å². The molecule has 26 heavy (non-hydrogen) atoms. The van der Waals surface area contributed by atoms with Crippen LogP contribution in [0.2, 0.25) is 5.02 Å². The minimum Gasteiger partial charge on any atom is -0.280 e. The number of benzene rings is 1. The fourth-order valence-corrected chi connectivity index (χ4v) is 4.23. The van der Waals surface area contributed by atoms with Gasteiger partial charge in [0.1, 0.15) is 0 Å². The Morgan fingerprint density at radius 3 is 2.69 bits per heavy atom. The second kappa shape index (κ2) is 7.57. The molecule has 0 saturated carbocycles. The summed E-state index contributed by atoms with van der Waals surface area (Å²) in [6, 6.07) is 11.6. The van der Waals surface area contributed by atoms with E-state index in [2.05, 4.69) is 15.0 Å². The number of thiophene rings is 1. The summed E-state index contributed by atoms with van der Waals surface area (Å²) in [4.78, 5) is 26.9. The Labute approximate surface area is 162 Å². The van der Waals surface area contributed by atoms with Gasteiger partial charge in [0.05, 0.1) is 6.54 Å². The molecule has 0 N–H and O–H groups in total. The topological polar surface area (TPSA) is 60.7 Å². The van der Waals surface area contributed by atoms with E-state index in [1.54, 1.807) is 22.1 Å². The summed E-state index contributed by atoms with van der Waals surface area (Å²) in [6.07, 6.45) is 3.06. The van der Waals surface area contributed by atoms with Crippen LogP contribution < -0.4 is 5.56 Å². The van der Waals surface area contributed by atoms with Gasteiger partial charge in [-0.05, 0) is 29.1 Å². The molecule has 0 atom stereocenters. The highest BCUT2D eigenvalue weighted by Crippen LogP contribution is 2.23. The number of hydrogen-bond donors (Lipinski definition) is 0. The van der Waals surface area contributed by atoms with Crippen LogP contribution >= 0.6 is 34.7 Å². The zero-order chi connectivity index (χ0) is 17.9. The molecule has 1 aromatic carbocycles. The van der Waals surface area contributed by atoms with Crippen molar-refractivity contribution in [3.05, 3.63) is 80.0 Å². The van der Waals surface area contributed by atoms with Crippen molar-refractivity contribution in [2.75, 3.05) is 0 Å². The maximum atomic E-state index is 12.9. The summed E-state index contributed by atoms with van der Waals surface area (Å²) >= 11 is 9.05. The lowest BCUT2D eigenvalue weighted by atomic mass is 10.2. The van der Waals surface area contributed by atoms with Gasteiger partial charge >= 0.3 is 0 Å². The fraction of sp³-hybridized carbons (Fsp3) is 0.111. The van der Waals surface area contributed by atoms with Gasteiger partial charge < -0.3 is 0 Å². The van der Waals surface area contributed by atoms with E-state index in [-0.39, 0.29) is 5.56 Å². The standard InChI is InChI=1S/C18H13ClN4OS2/c19-13-5-3-12(4-6-13)11-26-18-22-16-15(20-7-8-21-16)17(24)23(18)10-14-2-1-9-25-14/h1-9H,10-11H2. The average Bonchev–Trinajstić information content (AvgIpc) is 3.17. The minimum atomic E-state index is -0.171. The predicted molar refractivity (Wildman–Crippen MR) is 106 cm³/mol. The number of hydrogen-bond acceptors (Lipinski definition) is 6. The lowest BCUT2D eigenvalue weighted by Crippen LogP contribution is -2.24. The fourth-order valence-electron chi connectivity index (χ4n) is 2.47. The average molecular weight is 401 g/mol. The van der Waals surface area contributed by atoms with E-state index in [1.165, 1.54) is 18.0 Å². The number of aromatic nitrogens is 4. The first kappa shape index (κ1) is 17.2. The Kier molecular flexibility index (Phi) is 5.01. The summed E-state index contributed by atoms with van der Waals surface area (Å²) in [5, 5.41) is 3.33. The van der Waals surface area contributed by atoms with Gasteiger partial charge in [-0.1, -0.05) is 41.6 Å². The Morgan fingerprint density at radius 2 is 1.92 bits per heavy atom. The summed E-state index contributed by atoms with van der Waals surface area (Å²) in [5.41, 5.74) is 1.60. The summed E-state index contributed by atoms with van der Waals surface area (Å²) in [7, 11) is 0. The van der Waals surface area contributed by atoms with Crippen molar-refractivity contribution in [3.63, 3.8) is 0 Å². The molecule has 0 saturated heterocycles. The molecule has 0 fully saturated rings. The van der Waals surface area contributed by atoms with Crippen LogP contribution in [-0.2, 0) is 12.3 Å². The monoisotopic (exact) mass is 400 g/mol. The van der Waals surface area contributed by atoms with Crippen LogP contribution in [0.15, 0.2) is 64.1 Å². The number of rotatable bonds is 5. The molecule has 0 amide bonds. The Morgan fingerprint density at radius 1 is 1.12 bits per heavy atom. The van der Waals surface area contributed by atoms with Gasteiger partial charge in [0.15, 0.2) is 16.3 Å². The van der Waals surface area contributed by atoms with Gasteiger partial charge in [-0.2, -0.15) is 0 Å². The largest absolute Gasteiger partial charge is 0.282 e. The van der Waals surface area contributed by atoms with Crippen LogP contribution in [0, 0.1) is 0 Å². The van der Waals surface area contributed by atoms with E-state index in [9.17, 15) is 4.79 Å². The van der Waals surface area contributed by atoms with Crippen molar-refractivity contribution in [2.45, 2.75) is 17.5 Å². The summed E-state index contributed by atoms with van der Waals surface area (Å²) in [6.45, 7) is 0.471. The molecule has 4 aromatic rings. The van der Waals surface area contributed by atoms with E-state index >= 15 is 0 Å². The van der Waals surface area contributed by atoms with Crippen LogP contribution in [0.3, 0.4) is 0 Å². The minimum absolute atomic E-state index is 0.171. The van der Waals surface area contributed by atoms with Crippen LogP contribution in [0.1, 0.15) is 10.4 Å². The maximum Gasteiger partial charge on any atom is 0.282 e. The highest BCUT2D eigenvalue weighted by molar-refractivity contribution is 7.98. The Balaban J connectivity index is 1.73. The first-order valence-electron chi connectivity index (χ1n) is 7.82. The van der Waals surface area contributed by atoms with E-state index in [1.807, 2.05) is 41.8 Å². The smallest absolute Gasteiger partial charge is 0.280 e. The van der Waals surface area contributed by atoms with Gasteiger partial charge in [-0.15, -0.1) is 11.3 Å². The normalized spacial score (nSPS) is 11.1. The molecule has 4 rings (SSSR count). The van der Waals surface area contributed by atoms with E-state index in [0.717, 1.165) is 10.4 Å². The van der Waals surface area contributed by atoms with Crippen molar-refractivity contribution in [1.29, 1.82) is 0 Å². The van der Waals surface area contributed by atoms with Gasteiger partial charge in [0.2, 0.25) is 0 Å². The number of fused-ring (bicyclic) bond motifs is 1. The van der Waals surface area contributed by atoms with Gasteiger partial charge in [-0.3, -0.25) is 9.36 Å². The van der Waals surface area contributed by atoms with Crippen LogP contribution in [0.25, 0.3) is 11.2 Å². The van der Waals surface area contributed by atoms with Crippen molar-refractivity contribution >= 4 is 45.9 Å². The van der Waals surface area contributed by atoms with Crippen molar-refractivity contribution in [3.8, 4) is 0 Å². The second-order valence-corrected chi connectivity index (χ2v) is 7.92. The molecule has 0 unspecified atom stereocenters. The van der Waals surface area contributed by atoms with E-state index in [0.29, 0.717) is 33.6 Å². The van der Waals surface area contributed by atoms with Crippen LogP contribution in [0.4, 0.5) is 0 Å². The molecule has 3 heterocycles. The number of halogens is 1. The van der Waals surface area contributed by atoms with Gasteiger partial charge in [0, 0.05) is 28.0 Å². The van der Waals surface area contributed by atoms with Gasteiger partial charge in [0.25, 0.3) is 5.56 Å². The highest BCUT2D eigenvalue weighted by Gasteiger charge is 2.14. The second-order valence-electron chi connectivity index (χ2n) is 5.51. The Bertz CT molecular complexity index is 1090. The third-order valence-corrected chi connectivity index (χ3v) is 5.90. The molecule has 0 bridgehead atoms. The molecule has 0 spiro atoms. The third-order valence-electron chi connectivity index (χ3n) is 3.73. The molecule has 0 aliphatic carbocycles. The van der Waals surface area contributed by atoms with Gasteiger partial charge in [-0.25, -0.2) is 15.0 Å². The predicted octanol–water partition coefficient (Wildman–Crippen LogP) is 4.24. The highest BCUT2D eigenvalue weighted by atomic mass is 35.5. The molecule has 3 aromatic heterocycles. The molecule has 0 aliphatic rings. The maximum absolute atomic E-state index is 12.9. The van der Waals surface area contributed by atoms with Crippen LogP contribution in [0.5, 0.6) is 0 Å². The first-order valence-corrected chi connectivity index (χ1v) is 10.1. The first-order chi connectivity index (χ1) is 12.7. The molecule has 0 aliphatic heterocycles. The molecule has 8 heteroatoms. The lowest BCUT2D eigenvalue weighted by Gasteiger charge is -2.11.